The van der Waals surface area contributed by atoms with Gasteiger partial charge < -0.3 is 25.4 Å². The van der Waals surface area contributed by atoms with Crippen LogP contribution in [0.2, 0.25) is 0 Å². The van der Waals surface area contributed by atoms with Crippen molar-refractivity contribution >= 4 is 12.0 Å². The minimum atomic E-state index is -1.12. The van der Waals surface area contributed by atoms with Gasteiger partial charge in [0, 0.05) is 19.7 Å². The number of urea groups is 1. The number of aliphatic carboxylic acids is 1. The number of hydrogen-bond donors (Lipinski definition) is 3. The molecule has 0 spiro atoms. The van der Waals surface area contributed by atoms with Crippen LogP contribution in [0.3, 0.4) is 0 Å². The van der Waals surface area contributed by atoms with Gasteiger partial charge in [-0.15, -0.1) is 0 Å². The van der Waals surface area contributed by atoms with E-state index >= 15 is 0 Å². The van der Waals surface area contributed by atoms with Crippen LogP contribution < -0.4 is 10.6 Å². The molecule has 0 aliphatic carbocycles. The van der Waals surface area contributed by atoms with Crippen molar-refractivity contribution in [2.75, 3.05) is 34.4 Å². The summed E-state index contributed by atoms with van der Waals surface area (Å²) in [6, 6.07) is -1.55. The Kier molecular flexibility index (Phi) is 8.91. The second-order valence-corrected chi connectivity index (χ2v) is 5.55. The zero-order valence-corrected chi connectivity index (χ0v) is 13.0. The number of hydrogen-bond acceptors (Lipinski definition) is 4. The summed E-state index contributed by atoms with van der Waals surface area (Å²) in [5.74, 6) is -0.676. The zero-order chi connectivity index (χ0) is 15.7. The lowest BCUT2D eigenvalue weighted by atomic mass is 10.0. The number of carbonyl (C=O) groups excluding carboxylic acids is 1. The van der Waals surface area contributed by atoms with Crippen LogP contribution >= 0.6 is 0 Å². The number of methoxy groups -OCH3 is 1. The van der Waals surface area contributed by atoms with Gasteiger partial charge in [-0.25, -0.2) is 9.59 Å². The summed E-state index contributed by atoms with van der Waals surface area (Å²) in [7, 11) is 5.25. The third-order valence-corrected chi connectivity index (χ3v) is 2.61. The standard InChI is InChI=1S/C13H27N3O4/c1-9(2)6-10(7-16(3)4)14-13(19)15-11(8-20-5)12(17)18/h9-11H,6-8H2,1-5H3,(H,17,18)(H2,14,15,19). The number of likely N-dealkylation sites (N-methyl/N-ethyl adjacent to an activating group) is 1. The number of carboxylic acid groups (broad SMARTS) is 1. The predicted molar refractivity (Wildman–Crippen MR) is 76.8 cm³/mol. The maximum atomic E-state index is 11.8. The van der Waals surface area contributed by atoms with Crippen molar-refractivity contribution in [1.82, 2.24) is 15.5 Å². The van der Waals surface area contributed by atoms with E-state index in [1.165, 1.54) is 7.11 Å². The van der Waals surface area contributed by atoms with Gasteiger partial charge >= 0.3 is 12.0 Å². The van der Waals surface area contributed by atoms with E-state index in [9.17, 15) is 9.59 Å². The van der Waals surface area contributed by atoms with E-state index in [4.69, 9.17) is 9.84 Å². The van der Waals surface area contributed by atoms with Crippen molar-refractivity contribution in [2.24, 2.45) is 5.92 Å². The molecule has 0 bridgehead atoms. The van der Waals surface area contributed by atoms with Crippen LogP contribution in [0.25, 0.3) is 0 Å². The second kappa shape index (κ2) is 9.55. The summed E-state index contributed by atoms with van der Waals surface area (Å²) in [6.07, 6.45) is 0.827. The number of nitrogens with zero attached hydrogens (tertiary/aromatic N) is 1. The first-order chi connectivity index (χ1) is 9.26. The van der Waals surface area contributed by atoms with E-state index in [1.807, 2.05) is 19.0 Å². The maximum absolute atomic E-state index is 11.8. The minimum absolute atomic E-state index is 0.0259. The number of nitrogens with one attached hydrogen (secondary N) is 2. The molecular formula is C13H27N3O4. The molecule has 0 saturated heterocycles. The van der Waals surface area contributed by atoms with Crippen LogP contribution in [0, 0.1) is 5.92 Å². The highest BCUT2D eigenvalue weighted by Crippen LogP contribution is 2.05. The summed E-state index contributed by atoms with van der Waals surface area (Å²) in [5, 5.41) is 14.2. The lowest BCUT2D eigenvalue weighted by molar-refractivity contribution is -0.140. The minimum Gasteiger partial charge on any atom is -0.480 e. The fourth-order valence-corrected chi connectivity index (χ4v) is 1.92. The van der Waals surface area contributed by atoms with E-state index in [0.717, 1.165) is 6.42 Å². The monoisotopic (exact) mass is 289 g/mol. The predicted octanol–water partition coefficient (Wildman–Crippen LogP) is 0.362. The van der Waals surface area contributed by atoms with E-state index in [1.54, 1.807) is 0 Å². The highest BCUT2D eigenvalue weighted by atomic mass is 16.5. The molecule has 0 aromatic rings. The third-order valence-electron chi connectivity index (χ3n) is 2.61. The molecule has 7 nitrogen and oxygen atoms in total. The SMILES string of the molecule is COCC(NC(=O)NC(CC(C)C)CN(C)C)C(=O)O. The van der Waals surface area contributed by atoms with Crippen LogP contribution in [0.5, 0.6) is 0 Å². The molecule has 0 aliphatic rings. The van der Waals surface area contributed by atoms with Crippen LogP contribution in [-0.2, 0) is 9.53 Å². The molecule has 7 heteroatoms. The Bertz CT molecular complexity index is 298. The van der Waals surface area contributed by atoms with Crippen molar-refractivity contribution in [1.29, 1.82) is 0 Å². The van der Waals surface area contributed by atoms with Gasteiger partial charge in [-0.05, 0) is 26.4 Å². The van der Waals surface area contributed by atoms with Gasteiger partial charge in [0.15, 0.2) is 6.04 Å². The molecule has 2 amide bonds. The Morgan fingerprint density at radius 2 is 1.85 bits per heavy atom. The first-order valence-electron chi connectivity index (χ1n) is 6.69. The fourth-order valence-electron chi connectivity index (χ4n) is 1.92. The summed E-state index contributed by atoms with van der Waals surface area (Å²) in [6.45, 7) is 4.79. The van der Waals surface area contributed by atoms with E-state index in [2.05, 4.69) is 24.5 Å². The van der Waals surface area contributed by atoms with Gasteiger partial charge in [0.2, 0.25) is 0 Å². The van der Waals surface area contributed by atoms with Gasteiger partial charge in [0.1, 0.15) is 0 Å². The quantitative estimate of drug-likeness (QED) is 0.570. The molecule has 3 N–H and O–H groups in total. The molecule has 20 heavy (non-hydrogen) atoms. The maximum Gasteiger partial charge on any atom is 0.328 e. The summed E-state index contributed by atoms with van der Waals surface area (Å²) < 4.78 is 4.77. The number of rotatable bonds is 9. The van der Waals surface area contributed by atoms with Crippen molar-refractivity contribution in [3.05, 3.63) is 0 Å². The Hall–Kier alpha value is -1.34. The number of amides is 2. The molecule has 0 heterocycles. The molecule has 0 aliphatic heterocycles. The smallest absolute Gasteiger partial charge is 0.328 e. The summed E-state index contributed by atoms with van der Waals surface area (Å²) in [4.78, 5) is 24.8. The van der Waals surface area contributed by atoms with Crippen LogP contribution in [-0.4, -0.2) is 68.4 Å². The number of carbonyl (C=O) groups is 2. The van der Waals surface area contributed by atoms with Crippen LogP contribution in [0.15, 0.2) is 0 Å². The largest absolute Gasteiger partial charge is 0.480 e. The highest BCUT2D eigenvalue weighted by Gasteiger charge is 2.21. The van der Waals surface area contributed by atoms with Crippen LogP contribution in [0.1, 0.15) is 20.3 Å². The van der Waals surface area contributed by atoms with Crippen molar-refractivity contribution in [3.8, 4) is 0 Å². The Balaban J connectivity index is 4.45. The zero-order valence-electron chi connectivity index (χ0n) is 13.0. The van der Waals surface area contributed by atoms with E-state index in [-0.39, 0.29) is 12.6 Å². The van der Waals surface area contributed by atoms with Gasteiger partial charge in [0.25, 0.3) is 0 Å². The molecule has 118 valence electrons. The molecule has 0 rings (SSSR count). The van der Waals surface area contributed by atoms with Gasteiger partial charge in [-0.2, -0.15) is 0 Å². The average Bonchev–Trinajstić information content (AvgIpc) is 2.25. The molecule has 2 atom stereocenters. The first kappa shape index (κ1) is 18.7. The molecular weight excluding hydrogens is 262 g/mol. The molecule has 0 fully saturated rings. The lowest BCUT2D eigenvalue weighted by Crippen LogP contribution is -2.52. The molecule has 2 unspecified atom stereocenters. The first-order valence-corrected chi connectivity index (χ1v) is 6.69. The Morgan fingerprint density at radius 3 is 2.25 bits per heavy atom. The normalized spacial score (nSPS) is 14.2. The number of ether oxygens (including phenoxy) is 1. The summed E-state index contributed by atoms with van der Waals surface area (Å²) in [5.41, 5.74) is 0. The van der Waals surface area contributed by atoms with Crippen LogP contribution in [0.4, 0.5) is 4.79 Å². The van der Waals surface area contributed by atoms with E-state index < -0.39 is 18.0 Å². The summed E-state index contributed by atoms with van der Waals surface area (Å²) >= 11 is 0. The van der Waals surface area contributed by atoms with Gasteiger partial charge in [0.05, 0.1) is 6.61 Å². The average molecular weight is 289 g/mol. The van der Waals surface area contributed by atoms with Crippen molar-refractivity contribution in [2.45, 2.75) is 32.4 Å². The van der Waals surface area contributed by atoms with Gasteiger partial charge in [-0.3, -0.25) is 0 Å². The lowest BCUT2D eigenvalue weighted by Gasteiger charge is -2.25. The molecule has 0 saturated carbocycles. The van der Waals surface area contributed by atoms with E-state index in [0.29, 0.717) is 12.5 Å². The topological polar surface area (TPSA) is 90.9 Å². The Morgan fingerprint density at radius 1 is 1.25 bits per heavy atom. The highest BCUT2D eigenvalue weighted by molar-refractivity contribution is 5.82. The van der Waals surface area contributed by atoms with Gasteiger partial charge in [-0.1, -0.05) is 13.8 Å². The Labute approximate surface area is 120 Å². The fraction of sp³-hybridized carbons (Fsp3) is 0.846. The third kappa shape index (κ3) is 8.71. The number of carboxylic acids is 1. The van der Waals surface area contributed by atoms with Crippen molar-refractivity contribution < 1.29 is 19.4 Å². The molecule has 0 aromatic heterocycles. The van der Waals surface area contributed by atoms with Crippen molar-refractivity contribution in [3.63, 3.8) is 0 Å². The molecule has 0 radical (unpaired) electrons. The second-order valence-electron chi connectivity index (χ2n) is 5.55. The molecule has 0 aromatic carbocycles.